The van der Waals surface area contributed by atoms with Crippen molar-refractivity contribution in [3.05, 3.63) is 0 Å². The summed E-state index contributed by atoms with van der Waals surface area (Å²) >= 11 is 0. The molecule has 1 atom stereocenters. The SMILES string of the molecule is CC(C)C[C@H](N)CO.NS(N)(=O)=O. The maximum atomic E-state index is 9.19. The van der Waals surface area contributed by atoms with Crippen LogP contribution in [0.1, 0.15) is 20.3 Å². The minimum absolute atomic E-state index is 0.0185. The van der Waals surface area contributed by atoms with E-state index in [0.29, 0.717) is 5.92 Å². The first-order chi connectivity index (χ1) is 5.66. The van der Waals surface area contributed by atoms with Crippen LogP contribution in [0.2, 0.25) is 0 Å². The van der Waals surface area contributed by atoms with E-state index < -0.39 is 10.2 Å². The van der Waals surface area contributed by atoms with Gasteiger partial charge in [-0.3, -0.25) is 0 Å². The van der Waals surface area contributed by atoms with E-state index in [0.717, 1.165) is 6.42 Å². The molecule has 7 N–H and O–H groups in total. The molecule has 0 fully saturated rings. The Bertz CT molecular complexity index is 195. The molecule has 0 unspecified atom stereocenters. The van der Waals surface area contributed by atoms with Gasteiger partial charge in [0.1, 0.15) is 0 Å². The van der Waals surface area contributed by atoms with E-state index in [1.54, 1.807) is 0 Å². The Morgan fingerprint density at radius 1 is 1.31 bits per heavy atom. The average Bonchev–Trinajstić information content (AvgIpc) is 1.82. The van der Waals surface area contributed by atoms with Gasteiger partial charge in [0, 0.05) is 6.04 Å². The number of hydrogen-bond donors (Lipinski definition) is 4. The lowest BCUT2D eigenvalue weighted by Gasteiger charge is -2.09. The fraction of sp³-hybridized carbons (Fsp3) is 1.00. The van der Waals surface area contributed by atoms with Gasteiger partial charge in [0.25, 0.3) is 10.2 Å². The highest BCUT2D eigenvalue weighted by Gasteiger charge is 2.01. The molecule has 0 aliphatic heterocycles. The first kappa shape index (κ1) is 15.3. The predicted molar refractivity (Wildman–Crippen MR) is 51.8 cm³/mol. The maximum absolute atomic E-state index is 9.19. The zero-order chi connectivity index (χ0) is 11.1. The van der Waals surface area contributed by atoms with Crippen LogP contribution in [0.25, 0.3) is 0 Å². The maximum Gasteiger partial charge on any atom is 0.271 e. The van der Waals surface area contributed by atoms with Crippen molar-refractivity contribution in [2.45, 2.75) is 26.3 Å². The van der Waals surface area contributed by atoms with Crippen molar-refractivity contribution in [3.8, 4) is 0 Å². The van der Waals surface area contributed by atoms with Crippen LogP contribution in [0.4, 0.5) is 0 Å². The van der Waals surface area contributed by atoms with E-state index >= 15 is 0 Å². The van der Waals surface area contributed by atoms with Crippen LogP contribution in [-0.2, 0) is 10.2 Å². The Morgan fingerprint density at radius 3 is 1.69 bits per heavy atom. The van der Waals surface area contributed by atoms with E-state index in [9.17, 15) is 8.42 Å². The Balaban J connectivity index is 0. The first-order valence-corrected chi connectivity index (χ1v) is 5.44. The fourth-order valence-electron chi connectivity index (χ4n) is 0.680. The van der Waals surface area contributed by atoms with Crippen LogP contribution in [0.3, 0.4) is 0 Å². The van der Waals surface area contributed by atoms with Gasteiger partial charge >= 0.3 is 0 Å². The minimum atomic E-state index is -3.67. The molecule has 0 aromatic rings. The summed E-state index contributed by atoms with van der Waals surface area (Å²) in [4.78, 5) is 0. The Hall–Kier alpha value is -0.210. The molecule has 0 amide bonds. The monoisotopic (exact) mass is 213 g/mol. The molecule has 0 bridgehead atoms. The summed E-state index contributed by atoms with van der Waals surface area (Å²) in [7, 11) is -3.67. The highest BCUT2D eigenvalue weighted by Crippen LogP contribution is 2.00. The van der Waals surface area contributed by atoms with Gasteiger partial charge in [-0.25, -0.2) is 10.3 Å². The van der Waals surface area contributed by atoms with Gasteiger partial charge in [-0.1, -0.05) is 13.8 Å². The summed E-state index contributed by atoms with van der Waals surface area (Å²) in [5.41, 5.74) is 5.42. The third kappa shape index (κ3) is 33.7. The molecule has 82 valence electrons. The van der Waals surface area contributed by atoms with Gasteiger partial charge in [0.15, 0.2) is 0 Å². The number of hydrogen-bond acceptors (Lipinski definition) is 4. The summed E-state index contributed by atoms with van der Waals surface area (Å²) in [6, 6.07) is -0.0185. The molecule has 6 nitrogen and oxygen atoms in total. The van der Waals surface area contributed by atoms with Crippen LogP contribution in [0.5, 0.6) is 0 Å². The highest BCUT2D eigenvalue weighted by atomic mass is 32.2. The van der Waals surface area contributed by atoms with Crippen LogP contribution in [0.15, 0.2) is 0 Å². The lowest BCUT2D eigenvalue weighted by molar-refractivity contribution is 0.250. The molecule has 0 aliphatic carbocycles. The number of aliphatic hydroxyl groups is 1. The number of nitrogens with two attached hydrogens (primary N) is 3. The molecule has 0 aromatic heterocycles. The van der Waals surface area contributed by atoms with Gasteiger partial charge in [0.05, 0.1) is 6.61 Å². The zero-order valence-electron chi connectivity index (χ0n) is 7.97. The fourth-order valence-corrected chi connectivity index (χ4v) is 0.680. The molecule has 0 aliphatic rings. The van der Waals surface area contributed by atoms with Crippen LogP contribution in [-0.4, -0.2) is 26.2 Å². The van der Waals surface area contributed by atoms with Crippen molar-refractivity contribution in [3.63, 3.8) is 0 Å². The van der Waals surface area contributed by atoms with Crippen LogP contribution < -0.4 is 16.0 Å². The van der Waals surface area contributed by atoms with Gasteiger partial charge in [0.2, 0.25) is 0 Å². The Labute approximate surface area is 79.3 Å². The van der Waals surface area contributed by atoms with Crippen LogP contribution in [0, 0.1) is 5.92 Å². The second-order valence-corrected chi connectivity index (χ2v) is 4.34. The zero-order valence-corrected chi connectivity index (χ0v) is 8.79. The summed E-state index contributed by atoms with van der Waals surface area (Å²) in [6.07, 6.45) is 0.913. The van der Waals surface area contributed by atoms with E-state index in [-0.39, 0.29) is 12.6 Å². The predicted octanol–water partition coefficient (Wildman–Crippen LogP) is -1.50. The summed E-state index contributed by atoms with van der Waals surface area (Å²) < 4.78 is 18.4. The molecule has 0 radical (unpaired) electrons. The molecule has 0 heterocycles. The average molecular weight is 213 g/mol. The molecule has 0 aromatic carbocycles. The third-order valence-corrected chi connectivity index (χ3v) is 1.01. The number of aliphatic hydroxyl groups excluding tert-OH is 1. The largest absolute Gasteiger partial charge is 0.395 e. The minimum Gasteiger partial charge on any atom is -0.395 e. The van der Waals surface area contributed by atoms with Gasteiger partial charge < -0.3 is 10.8 Å². The Morgan fingerprint density at radius 2 is 1.62 bits per heavy atom. The van der Waals surface area contributed by atoms with Crippen molar-refractivity contribution in [1.29, 1.82) is 0 Å². The van der Waals surface area contributed by atoms with Gasteiger partial charge in [-0.15, -0.1) is 0 Å². The van der Waals surface area contributed by atoms with E-state index in [1.807, 2.05) is 0 Å². The molecule has 7 heteroatoms. The van der Waals surface area contributed by atoms with Gasteiger partial charge in [-0.2, -0.15) is 8.42 Å². The molecule has 0 saturated heterocycles. The summed E-state index contributed by atoms with van der Waals surface area (Å²) in [5, 5.41) is 16.7. The van der Waals surface area contributed by atoms with Crippen molar-refractivity contribution in [2.75, 3.05) is 6.61 Å². The standard InChI is InChI=1S/C6H15NO.H4N2O2S/c1-5(2)3-6(7)4-8;1-5(2,3)4/h5-6,8H,3-4,7H2,1-2H3;(H4,1,2,3,4)/t6-;/m0./s1. The van der Waals surface area contributed by atoms with E-state index in [2.05, 4.69) is 24.1 Å². The quantitative estimate of drug-likeness (QED) is 0.454. The molecule has 0 rings (SSSR count). The lowest BCUT2D eigenvalue weighted by Crippen LogP contribution is -2.25. The molecule has 0 saturated carbocycles. The van der Waals surface area contributed by atoms with Crippen molar-refractivity contribution in [1.82, 2.24) is 0 Å². The van der Waals surface area contributed by atoms with Crippen molar-refractivity contribution in [2.24, 2.45) is 21.9 Å². The second kappa shape index (κ2) is 7.22. The van der Waals surface area contributed by atoms with Crippen molar-refractivity contribution >= 4 is 10.2 Å². The van der Waals surface area contributed by atoms with Crippen molar-refractivity contribution < 1.29 is 13.5 Å². The molecule has 13 heavy (non-hydrogen) atoms. The van der Waals surface area contributed by atoms with Crippen LogP contribution >= 0.6 is 0 Å². The number of rotatable bonds is 3. The van der Waals surface area contributed by atoms with E-state index in [1.165, 1.54) is 0 Å². The molecular weight excluding hydrogens is 194 g/mol. The summed E-state index contributed by atoms with van der Waals surface area (Å²) in [6.45, 7) is 4.29. The smallest absolute Gasteiger partial charge is 0.271 e. The topological polar surface area (TPSA) is 132 Å². The molecular formula is C6H19N3O3S. The lowest BCUT2D eigenvalue weighted by atomic mass is 10.1. The Kier molecular flexibility index (Phi) is 8.48. The normalized spacial score (nSPS) is 13.5. The third-order valence-electron chi connectivity index (χ3n) is 1.01. The summed E-state index contributed by atoms with van der Waals surface area (Å²) in [5.74, 6) is 0.595. The first-order valence-electron chi connectivity index (χ1n) is 3.83. The second-order valence-electron chi connectivity index (χ2n) is 3.16. The van der Waals surface area contributed by atoms with Gasteiger partial charge in [-0.05, 0) is 12.3 Å². The molecule has 0 spiro atoms. The highest BCUT2D eigenvalue weighted by molar-refractivity contribution is 7.86. The van der Waals surface area contributed by atoms with E-state index in [4.69, 9.17) is 10.8 Å².